The Balaban J connectivity index is 1.52. The number of aromatic nitrogens is 1. The highest BCUT2D eigenvalue weighted by Gasteiger charge is 2.35. The Hall–Kier alpha value is -2.63. The molecule has 1 aromatic heterocycles. The first kappa shape index (κ1) is 17.8. The summed E-state index contributed by atoms with van der Waals surface area (Å²) in [6.45, 7) is 1.56. The zero-order chi connectivity index (χ0) is 19.0. The zero-order valence-electron chi connectivity index (χ0n) is 15.7. The van der Waals surface area contributed by atoms with Gasteiger partial charge in [-0.25, -0.2) is 4.98 Å². The maximum atomic E-state index is 12.4. The molecule has 2 aliphatic rings. The number of pyridine rings is 1. The predicted octanol–water partition coefficient (Wildman–Crippen LogP) is 2.56. The van der Waals surface area contributed by atoms with Gasteiger partial charge in [0.15, 0.2) is 0 Å². The Bertz CT molecular complexity index is 876. The highest BCUT2D eigenvalue weighted by atomic mass is 16.2. The Morgan fingerprint density at radius 3 is 2.78 bits per heavy atom. The van der Waals surface area contributed by atoms with Gasteiger partial charge in [-0.2, -0.15) is 0 Å². The third-order valence-corrected chi connectivity index (χ3v) is 5.90. The topological polar surface area (TPSA) is 79.5 Å². The van der Waals surface area contributed by atoms with Crippen LogP contribution in [0.25, 0.3) is 10.9 Å². The van der Waals surface area contributed by atoms with E-state index >= 15 is 0 Å². The SMILES string of the molecule is CN(CC1CC(=O)N(C2CCCC2)C1)c1cc(C(N)=O)c2ccccc2n1. The number of hydrogen-bond donors (Lipinski definition) is 1. The van der Waals surface area contributed by atoms with E-state index in [0.717, 1.165) is 36.8 Å². The monoisotopic (exact) mass is 366 g/mol. The molecule has 1 aromatic carbocycles. The third kappa shape index (κ3) is 3.48. The van der Waals surface area contributed by atoms with Crippen LogP contribution in [0.4, 0.5) is 5.82 Å². The number of fused-ring (bicyclic) bond motifs is 1. The van der Waals surface area contributed by atoms with E-state index in [1.807, 2.05) is 36.2 Å². The van der Waals surface area contributed by atoms with Crippen molar-refractivity contribution < 1.29 is 9.59 Å². The first-order chi connectivity index (χ1) is 13.0. The molecule has 1 aliphatic carbocycles. The molecule has 0 bridgehead atoms. The smallest absolute Gasteiger partial charge is 0.249 e. The van der Waals surface area contributed by atoms with Gasteiger partial charge in [0, 0.05) is 43.9 Å². The summed E-state index contributed by atoms with van der Waals surface area (Å²) in [5.74, 6) is 0.832. The summed E-state index contributed by atoms with van der Waals surface area (Å²) < 4.78 is 0. The van der Waals surface area contributed by atoms with Crippen molar-refractivity contribution in [3.8, 4) is 0 Å². The number of primary amides is 1. The number of carbonyl (C=O) groups excluding carboxylic acids is 2. The van der Waals surface area contributed by atoms with Crippen molar-refractivity contribution in [1.29, 1.82) is 0 Å². The van der Waals surface area contributed by atoms with Gasteiger partial charge >= 0.3 is 0 Å². The number of amides is 2. The van der Waals surface area contributed by atoms with Crippen LogP contribution in [0.1, 0.15) is 42.5 Å². The van der Waals surface area contributed by atoms with Crippen molar-refractivity contribution in [3.63, 3.8) is 0 Å². The standard InChI is InChI=1S/C21H26N4O2/c1-24(12-14-10-20(26)25(13-14)15-6-2-3-7-15)19-11-17(21(22)27)16-8-4-5-9-18(16)23-19/h4-5,8-9,11,14-15H,2-3,6-7,10,12-13H2,1H3,(H2,22,27). The summed E-state index contributed by atoms with van der Waals surface area (Å²) in [4.78, 5) is 33.2. The molecule has 1 aliphatic heterocycles. The van der Waals surface area contributed by atoms with Crippen LogP contribution in [0.15, 0.2) is 30.3 Å². The molecule has 2 N–H and O–H groups in total. The van der Waals surface area contributed by atoms with Gasteiger partial charge < -0.3 is 15.5 Å². The second kappa shape index (κ2) is 7.18. The van der Waals surface area contributed by atoms with E-state index in [4.69, 9.17) is 10.7 Å². The second-order valence-electron chi connectivity index (χ2n) is 7.84. The van der Waals surface area contributed by atoms with Gasteiger partial charge in [0.1, 0.15) is 5.82 Å². The van der Waals surface area contributed by atoms with Crippen LogP contribution in [0.2, 0.25) is 0 Å². The minimum atomic E-state index is -0.452. The Kier molecular flexibility index (Phi) is 4.72. The normalized spacial score (nSPS) is 20.6. The largest absolute Gasteiger partial charge is 0.366 e. The van der Waals surface area contributed by atoms with Crippen LogP contribution < -0.4 is 10.6 Å². The van der Waals surface area contributed by atoms with Gasteiger partial charge in [-0.3, -0.25) is 9.59 Å². The minimum Gasteiger partial charge on any atom is -0.366 e. The molecule has 1 saturated heterocycles. The molecule has 2 amide bonds. The lowest BCUT2D eigenvalue weighted by Gasteiger charge is -2.26. The maximum Gasteiger partial charge on any atom is 0.249 e. The Morgan fingerprint density at radius 1 is 1.30 bits per heavy atom. The highest BCUT2D eigenvalue weighted by molar-refractivity contribution is 6.06. The fourth-order valence-electron chi connectivity index (χ4n) is 4.54. The molecule has 142 valence electrons. The quantitative estimate of drug-likeness (QED) is 0.882. The number of nitrogens with zero attached hydrogens (tertiary/aromatic N) is 3. The number of para-hydroxylation sites is 1. The van der Waals surface area contributed by atoms with Gasteiger partial charge in [-0.15, -0.1) is 0 Å². The van der Waals surface area contributed by atoms with Crippen LogP contribution in [0.5, 0.6) is 0 Å². The summed E-state index contributed by atoms with van der Waals surface area (Å²) in [5, 5.41) is 0.769. The average molecular weight is 366 g/mol. The first-order valence-electron chi connectivity index (χ1n) is 9.73. The molecule has 2 aromatic rings. The molecule has 27 heavy (non-hydrogen) atoms. The molecule has 0 radical (unpaired) electrons. The van der Waals surface area contributed by atoms with Crippen LogP contribution in [0, 0.1) is 5.92 Å². The maximum absolute atomic E-state index is 12.4. The number of anilines is 1. The number of likely N-dealkylation sites (tertiary alicyclic amines) is 1. The van der Waals surface area contributed by atoms with Gasteiger partial charge in [0.25, 0.3) is 0 Å². The molecule has 1 saturated carbocycles. The highest BCUT2D eigenvalue weighted by Crippen LogP contribution is 2.30. The van der Waals surface area contributed by atoms with E-state index in [1.165, 1.54) is 12.8 Å². The van der Waals surface area contributed by atoms with Gasteiger partial charge in [-0.05, 0) is 25.0 Å². The Morgan fingerprint density at radius 2 is 2.04 bits per heavy atom. The lowest BCUT2D eigenvalue weighted by atomic mass is 10.1. The zero-order valence-corrected chi connectivity index (χ0v) is 15.7. The van der Waals surface area contributed by atoms with Crippen molar-refractivity contribution in [2.75, 3.05) is 25.0 Å². The number of nitrogens with two attached hydrogens (primary N) is 1. The molecule has 6 nitrogen and oxygen atoms in total. The van der Waals surface area contributed by atoms with Crippen molar-refractivity contribution in [2.24, 2.45) is 11.7 Å². The number of rotatable bonds is 5. The molecule has 2 fully saturated rings. The van der Waals surface area contributed by atoms with Crippen LogP contribution in [0.3, 0.4) is 0 Å². The number of benzene rings is 1. The Labute approximate surface area is 159 Å². The van der Waals surface area contributed by atoms with Crippen LogP contribution >= 0.6 is 0 Å². The molecule has 1 atom stereocenters. The predicted molar refractivity (Wildman–Crippen MR) is 106 cm³/mol. The van der Waals surface area contributed by atoms with E-state index in [2.05, 4.69) is 4.90 Å². The average Bonchev–Trinajstić information content (AvgIpc) is 3.30. The van der Waals surface area contributed by atoms with Crippen molar-refractivity contribution in [3.05, 3.63) is 35.9 Å². The minimum absolute atomic E-state index is 0.282. The number of carbonyl (C=O) groups is 2. The van der Waals surface area contributed by atoms with E-state index in [9.17, 15) is 9.59 Å². The van der Waals surface area contributed by atoms with Crippen LogP contribution in [-0.2, 0) is 4.79 Å². The van der Waals surface area contributed by atoms with Crippen molar-refractivity contribution in [2.45, 2.75) is 38.1 Å². The third-order valence-electron chi connectivity index (χ3n) is 5.90. The van der Waals surface area contributed by atoms with Crippen molar-refractivity contribution >= 4 is 28.5 Å². The fourth-order valence-corrected chi connectivity index (χ4v) is 4.54. The summed E-state index contributed by atoms with van der Waals surface area (Å²) in [6.07, 6.45) is 5.34. The number of hydrogen-bond acceptors (Lipinski definition) is 4. The molecular weight excluding hydrogens is 340 g/mol. The lowest BCUT2D eigenvalue weighted by molar-refractivity contribution is -0.129. The first-order valence-corrected chi connectivity index (χ1v) is 9.73. The molecule has 6 heteroatoms. The van der Waals surface area contributed by atoms with E-state index in [-0.39, 0.29) is 11.8 Å². The molecule has 1 unspecified atom stereocenters. The summed E-state index contributed by atoms with van der Waals surface area (Å²) >= 11 is 0. The fraction of sp³-hybridized carbons (Fsp3) is 0.476. The van der Waals surface area contributed by atoms with E-state index < -0.39 is 5.91 Å². The summed E-state index contributed by atoms with van der Waals surface area (Å²) in [5.41, 5.74) is 6.82. The van der Waals surface area contributed by atoms with E-state index in [0.29, 0.717) is 23.8 Å². The lowest BCUT2D eigenvalue weighted by Crippen LogP contribution is -2.35. The van der Waals surface area contributed by atoms with E-state index in [1.54, 1.807) is 6.07 Å². The second-order valence-corrected chi connectivity index (χ2v) is 7.84. The molecule has 2 heterocycles. The molecule has 4 rings (SSSR count). The van der Waals surface area contributed by atoms with Crippen LogP contribution in [-0.4, -0.2) is 47.9 Å². The molecule has 0 spiro atoms. The molecular formula is C21H26N4O2. The van der Waals surface area contributed by atoms with Gasteiger partial charge in [0.2, 0.25) is 11.8 Å². The van der Waals surface area contributed by atoms with Crippen molar-refractivity contribution in [1.82, 2.24) is 9.88 Å². The van der Waals surface area contributed by atoms with Gasteiger partial charge in [-0.1, -0.05) is 31.0 Å². The summed E-state index contributed by atoms with van der Waals surface area (Å²) in [7, 11) is 1.96. The summed E-state index contributed by atoms with van der Waals surface area (Å²) in [6, 6.07) is 9.73. The van der Waals surface area contributed by atoms with Gasteiger partial charge in [0.05, 0.1) is 11.1 Å².